The molecular weight excluding hydrogens is 172 g/mol. The Kier molecular flexibility index (Phi) is 2.64. The highest BCUT2D eigenvalue weighted by Gasteiger charge is 2.42. The van der Waals surface area contributed by atoms with Gasteiger partial charge in [-0.15, -0.1) is 0 Å². The molecule has 1 aliphatic carbocycles. The first-order valence-corrected chi connectivity index (χ1v) is 5.37. The lowest BCUT2D eigenvalue weighted by Gasteiger charge is -2.45. The number of carbonyl (C=O) groups is 1. The lowest BCUT2D eigenvalue weighted by atomic mass is 9.59. The summed E-state index contributed by atoms with van der Waals surface area (Å²) in [5.41, 5.74) is 3.08. The first-order chi connectivity index (χ1) is 6.23. The number of rotatable bonds is 1. The first-order valence-electron chi connectivity index (χ1n) is 5.37. The molecule has 0 aromatic heterocycles. The molecule has 1 rings (SSSR count). The van der Waals surface area contributed by atoms with E-state index in [1.54, 1.807) is 0 Å². The van der Waals surface area contributed by atoms with E-state index >= 15 is 0 Å². The second-order valence-electron chi connectivity index (χ2n) is 5.80. The van der Waals surface area contributed by atoms with Crippen molar-refractivity contribution < 1.29 is 4.79 Å². The maximum atomic E-state index is 11.1. The van der Waals surface area contributed by atoms with Crippen molar-refractivity contribution in [1.82, 2.24) is 0 Å². The highest BCUT2D eigenvalue weighted by molar-refractivity contribution is 5.58. The first kappa shape index (κ1) is 11.5. The molecule has 0 aliphatic heterocycles. The molecule has 0 fully saturated rings. The molecule has 0 heterocycles. The van der Waals surface area contributed by atoms with Crippen LogP contribution in [0.2, 0.25) is 0 Å². The normalized spacial score (nSPS) is 30.3. The fourth-order valence-electron chi connectivity index (χ4n) is 2.45. The fraction of sp³-hybridized carbons (Fsp3) is 0.769. The van der Waals surface area contributed by atoms with Crippen LogP contribution in [0, 0.1) is 16.7 Å². The summed E-state index contributed by atoms with van der Waals surface area (Å²) in [4.78, 5) is 11.1. The molecule has 0 aromatic carbocycles. The van der Waals surface area contributed by atoms with E-state index in [2.05, 4.69) is 41.5 Å². The zero-order valence-corrected chi connectivity index (χ0v) is 10.3. The smallest absolute Gasteiger partial charge is 0.123 e. The maximum Gasteiger partial charge on any atom is 0.123 e. The van der Waals surface area contributed by atoms with Crippen LogP contribution < -0.4 is 0 Å². The summed E-state index contributed by atoms with van der Waals surface area (Å²) in [7, 11) is 0. The predicted octanol–water partition coefficient (Wildman–Crippen LogP) is 3.59. The van der Waals surface area contributed by atoms with E-state index in [0.29, 0.717) is 0 Å². The monoisotopic (exact) mass is 194 g/mol. The van der Waals surface area contributed by atoms with Crippen molar-refractivity contribution in [3.63, 3.8) is 0 Å². The Morgan fingerprint density at radius 1 is 1.14 bits per heavy atom. The van der Waals surface area contributed by atoms with E-state index in [-0.39, 0.29) is 16.7 Å². The van der Waals surface area contributed by atoms with Gasteiger partial charge in [-0.3, -0.25) is 0 Å². The molecular formula is C13H22O. The van der Waals surface area contributed by atoms with Gasteiger partial charge in [0.25, 0.3) is 0 Å². The van der Waals surface area contributed by atoms with Crippen LogP contribution in [0.3, 0.4) is 0 Å². The molecule has 0 radical (unpaired) electrons. The third-order valence-electron chi connectivity index (χ3n) is 4.37. The number of carbonyl (C=O) groups excluding carboxylic acids is 1. The Balaban J connectivity index is 3.25. The van der Waals surface area contributed by atoms with Gasteiger partial charge in [0.1, 0.15) is 6.29 Å². The maximum absolute atomic E-state index is 11.1. The van der Waals surface area contributed by atoms with E-state index in [0.717, 1.165) is 12.7 Å². The van der Waals surface area contributed by atoms with Crippen molar-refractivity contribution in [3.8, 4) is 0 Å². The minimum atomic E-state index is 0.0430. The molecule has 0 bridgehead atoms. The third-order valence-corrected chi connectivity index (χ3v) is 4.37. The van der Waals surface area contributed by atoms with Gasteiger partial charge in [-0.05, 0) is 31.1 Å². The van der Waals surface area contributed by atoms with Crippen LogP contribution in [0.1, 0.15) is 48.0 Å². The standard InChI is InChI=1S/C13H22O/c1-9-10(2)13(5,6)11(8-14)7-12(9,3)4/h8,11H,7H2,1-6H3. The lowest BCUT2D eigenvalue weighted by Crippen LogP contribution is -2.37. The van der Waals surface area contributed by atoms with Crippen LogP contribution in [0.25, 0.3) is 0 Å². The van der Waals surface area contributed by atoms with E-state index in [1.165, 1.54) is 11.1 Å². The largest absolute Gasteiger partial charge is 0.303 e. The molecule has 0 saturated carbocycles. The predicted molar refractivity (Wildman–Crippen MR) is 60.1 cm³/mol. The third kappa shape index (κ3) is 1.53. The Hall–Kier alpha value is -0.590. The number of hydrogen-bond donors (Lipinski definition) is 0. The van der Waals surface area contributed by atoms with Gasteiger partial charge in [-0.2, -0.15) is 0 Å². The van der Waals surface area contributed by atoms with Gasteiger partial charge >= 0.3 is 0 Å². The molecule has 0 aromatic rings. The Morgan fingerprint density at radius 2 is 1.64 bits per heavy atom. The topological polar surface area (TPSA) is 17.1 Å². The van der Waals surface area contributed by atoms with Crippen molar-refractivity contribution >= 4 is 6.29 Å². The number of allylic oxidation sites excluding steroid dienone is 2. The molecule has 1 unspecified atom stereocenters. The molecule has 1 heteroatoms. The lowest BCUT2D eigenvalue weighted by molar-refractivity contribution is -0.115. The van der Waals surface area contributed by atoms with Gasteiger partial charge in [-0.25, -0.2) is 0 Å². The Labute approximate surface area is 87.6 Å². The highest BCUT2D eigenvalue weighted by atomic mass is 16.1. The molecule has 1 nitrogen and oxygen atoms in total. The van der Waals surface area contributed by atoms with Gasteiger partial charge in [0.15, 0.2) is 0 Å². The summed E-state index contributed by atoms with van der Waals surface area (Å²) in [5, 5.41) is 0. The van der Waals surface area contributed by atoms with E-state index in [9.17, 15) is 4.79 Å². The van der Waals surface area contributed by atoms with Crippen molar-refractivity contribution in [2.24, 2.45) is 16.7 Å². The molecule has 1 aliphatic rings. The van der Waals surface area contributed by atoms with Crippen molar-refractivity contribution in [1.29, 1.82) is 0 Å². The van der Waals surface area contributed by atoms with Crippen LogP contribution in [0.4, 0.5) is 0 Å². The van der Waals surface area contributed by atoms with Crippen LogP contribution in [-0.2, 0) is 4.79 Å². The average Bonchev–Trinajstić information content (AvgIpc) is 2.09. The minimum absolute atomic E-state index is 0.0430. The molecule has 80 valence electrons. The zero-order valence-electron chi connectivity index (χ0n) is 10.3. The average molecular weight is 194 g/mol. The molecule has 0 amide bonds. The minimum Gasteiger partial charge on any atom is -0.303 e. The van der Waals surface area contributed by atoms with Crippen molar-refractivity contribution in [3.05, 3.63) is 11.1 Å². The van der Waals surface area contributed by atoms with Crippen molar-refractivity contribution in [2.45, 2.75) is 48.0 Å². The number of aldehydes is 1. The van der Waals surface area contributed by atoms with Gasteiger partial charge in [0, 0.05) is 5.92 Å². The van der Waals surface area contributed by atoms with E-state index in [4.69, 9.17) is 0 Å². The summed E-state index contributed by atoms with van der Waals surface area (Å²) < 4.78 is 0. The van der Waals surface area contributed by atoms with Gasteiger partial charge < -0.3 is 4.79 Å². The second kappa shape index (κ2) is 3.22. The molecule has 14 heavy (non-hydrogen) atoms. The fourth-order valence-corrected chi connectivity index (χ4v) is 2.45. The highest BCUT2D eigenvalue weighted by Crippen LogP contribution is 2.50. The SMILES string of the molecule is CC1=C(C)C(C)(C)C(C=O)CC1(C)C. The second-order valence-corrected chi connectivity index (χ2v) is 5.80. The van der Waals surface area contributed by atoms with Crippen LogP contribution in [0.5, 0.6) is 0 Å². The van der Waals surface area contributed by atoms with E-state index in [1.807, 2.05) is 0 Å². The summed E-state index contributed by atoms with van der Waals surface area (Å²) >= 11 is 0. The summed E-state index contributed by atoms with van der Waals surface area (Å²) in [5.74, 6) is 0.168. The van der Waals surface area contributed by atoms with Crippen molar-refractivity contribution in [2.75, 3.05) is 0 Å². The molecule has 0 spiro atoms. The summed E-state index contributed by atoms with van der Waals surface area (Å²) in [6.07, 6.45) is 2.12. The van der Waals surface area contributed by atoms with Crippen LogP contribution in [0.15, 0.2) is 11.1 Å². The van der Waals surface area contributed by atoms with Gasteiger partial charge in [0.2, 0.25) is 0 Å². The van der Waals surface area contributed by atoms with Gasteiger partial charge in [0.05, 0.1) is 0 Å². The summed E-state index contributed by atoms with van der Waals surface area (Å²) in [6.45, 7) is 13.2. The number of hydrogen-bond acceptors (Lipinski definition) is 1. The Morgan fingerprint density at radius 3 is 2.07 bits per heavy atom. The Bertz CT molecular complexity index is 282. The van der Waals surface area contributed by atoms with Crippen LogP contribution >= 0.6 is 0 Å². The zero-order chi connectivity index (χ0) is 11.1. The molecule has 1 atom stereocenters. The van der Waals surface area contributed by atoms with Crippen LogP contribution in [-0.4, -0.2) is 6.29 Å². The van der Waals surface area contributed by atoms with E-state index < -0.39 is 0 Å². The molecule has 0 N–H and O–H groups in total. The summed E-state index contributed by atoms with van der Waals surface area (Å²) in [6, 6.07) is 0. The van der Waals surface area contributed by atoms with Gasteiger partial charge in [-0.1, -0.05) is 38.8 Å². The molecule has 0 saturated heterocycles. The quantitative estimate of drug-likeness (QED) is 0.460.